The summed E-state index contributed by atoms with van der Waals surface area (Å²) in [6.45, 7) is 3.45. The first-order valence-corrected chi connectivity index (χ1v) is 8.22. The number of hydrogen-bond donors (Lipinski definition) is 1. The minimum Gasteiger partial charge on any atom is -0.482 e. The molecule has 126 valence electrons. The minimum absolute atomic E-state index is 0.106. The van der Waals surface area contributed by atoms with Crippen LogP contribution in [0.5, 0.6) is 5.75 Å². The van der Waals surface area contributed by atoms with Gasteiger partial charge in [-0.2, -0.15) is 0 Å². The first kappa shape index (κ1) is 18.3. The van der Waals surface area contributed by atoms with Gasteiger partial charge >= 0.3 is 5.97 Å². The van der Waals surface area contributed by atoms with Crippen molar-refractivity contribution in [1.82, 2.24) is 0 Å². The van der Waals surface area contributed by atoms with Crippen LogP contribution in [-0.2, 0) is 9.63 Å². The zero-order valence-electron chi connectivity index (χ0n) is 13.2. The van der Waals surface area contributed by atoms with E-state index in [0.717, 1.165) is 15.6 Å². The number of benzene rings is 2. The van der Waals surface area contributed by atoms with Crippen molar-refractivity contribution in [1.29, 1.82) is 0 Å². The summed E-state index contributed by atoms with van der Waals surface area (Å²) in [6, 6.07) is 10.6. The van der Waals surface area contributed by atoms with Gasteiger partial charge in [0, 0.05) is 15.1 Å². The lowest BCUT2D eigenvalue weighted by Gasteiger charge is -2.08. The molecule has 0 bridgehead atoms. The SMILES string of the molecule is Cc1cc(OCC(=O)ON=C(N)c2ccc(Br)cc2)cc(C)c1Cl. The number of carbonyl (C=O) groups is 1. The summed E-state index contributed by atoms with van der Waals surface area (Å²) in [4.78, 5) is 16.5. The summed E-state index contributed by atoms with van der Waals surface area (Å²) in [5, 5.41) is 4.29. The van der Waals surface area contributed by atoms with Crippen molar-refractivity contribution in [3.05, 3.63) is 62.6 Å². The Morgan fingerprint density at radius 3 is 2.38 bits per heavy atom. The lowest BCUT2D eigenvalue weighted by atomic mass is 10.1. The summed E-state index contributed by atoms with van der Waals surface area (Å²) < 4.78 is 6.30. The summed E-state index contributed by atoms with van der Waals surface area (Å²) in [7, 11) is 0. The van der Waals surface area contributed by atoms with E-state index in [1.165, 1.54) is 0 Å². The predicted octanol–water partition coefficient (Wildman–Crippen LogP) is 3.96. The highest BCUT2D eigenvalue weighted by Crippen LogP contribution is 2.25. The third-order valence-corrected chi connectivity index (χ3v) is 4.28. The van der Waals surface area contributed by atoms with Crippen LogP contribution in [0.15, 0.2) is 46.0 Å². The molecule has 0 aromatic heterocycles. The molecule has 2 rings (SSSR count). The molecule has 2 N–H and O–H groups in total. The zero-order chi connectivity index (χ0) is 17.7. The molecule has 0 amide bonds. The number of amidine groups is 1. The predicted molar refractivity (Wildman–Crippen MR) is 97.4 cm³/mol. The molecule has 0 radical (unpaired) electrons. The number of carbonyl (C=O) groups excluding carboxylic acids is 1. The number of halogens is 2. The van der Waals surface area contributed by atoms with Crippen molar-refractivity contribution >= 4 is 39.3 Å². The maximum absolute atomic E-state index is 11.7. The molecule has 0 heterocycles. The second-order valence-corrected chi connectivity index (χ2v) is 6.40. The summed E-state index contributed by atoms with van der Waals surface area (Å²) in [6.07, 6.45) is 0. The van der Waals surface area contributed by atoms with Crippen molar-refractivity contribution in [2.24, 2.45) is 10.9 Å². The average molecular weight is 412 g/mol. The van der Waals surface area contributed by atoms with Crippen LogP contribution < -0.4 is 10.5 Å². The highest BCUT2D eigenvalue weighted by molar-refractivity contribution is 9.10. The van der Waals surface area contributed by atoms with Crippen LogP contribution in [0.25, 0.3) is 0 Å². The molecule has 0 spiro atoms. The Morgan fingerprint density at radius 1 is 1.21 bits per heavy atom. The molecule has 2 aromatic rings. The van der Waals surface area contributed by atoms with Crippen molar-refractivity contribution in [3.8, 4) is 5.75 Å². The third-order valence-electron chi connectivity index (χ3n) is 3.15. The molecule has 0 aliphatic heterocycles. The number of nitrogens with two attached hydrogens (primary N) is 1. The van der Waals surface area contributed by atoms with Crippen LogP contribution in [0.1, 0.15) is 16.7 Å². The fourth-order valence-electron chi connectivity index (χ4n) is 1.93. The summed E-state index contributed by atoms with van der Waals surface area (Å²) >= 11 is 9.41. The van der Waals surface area contributed by atoms with E-state index in [0.29, 0.717) is 16.3 Å². The number of hydrogen-bond acceptors (Lipinski definition) is 4. The van der Waals surface area contributed by atoms with Crippen molar-refractivity contribution in [2.75, 3.05) is 6.61 Å². The van der Waals surface area contributed by atoms with Gasteiger partial charge in [0.2, 0.25) is 0 Å². The molecule has 5 nitrogen and oxygen atoms in total. The molecule has 2 aromatic carbocycles. The molecule has 0 aliphatic rings. The number of aryl methyl sites for hydroxylation is 2. The Bertz CT molecular complexity index is 753. The Kier molecular flexibility index (Phi) is 6.23. The lowest BCUT2D eigenvalue weighted by Crippen LogP contribution is -2.18. The standard InChI is InChI=1S/C17H16BrClN2O3/c1-10-7-14(8-11(2)16(10)19)23-9-15(22)24-21-17(20)12-3-5-13(18)6-4-12/h3-8H,9H2,1-2H3,(H2,20,21). The fraction of sp³-hybridized carbons (Fsp3) is 0.176. The normalized spacial score (nSPS) is 11.2. The zero-order valence-corrected chi connectivity index (χ0v) is 15.5. The molecule has 0 unspecified atom stereocenters. The molecule has 0 aliphatic carbocycles. The molecular weight excluding hydrogens is 396 g/mol. The van der Waals surface area contributed by atoms with Crippen LogP contribution in [0, 0.1) is 13.8 Å². The van der Waals surface area contributed by atoms with Crippen molar-refractivity contribution in [3.63, 3.8) is 0 Å². The Morgan fingerprint density at radius 2 is 1.79 bits per heavy atom. The molecule has 24 heavy (non-hydrogen) atoms. The lowest BCUT2D eigenvalue weighted by molar-refractivity contribution is -0.146. The monoisotopic (exact) mass is 410 g/mol. The fourth-order valence-corrected chi connectivity index (χ4v) is 2.30. The van der Waals surface area contributed by atoms with Crippen LogP contribution in [0.3, 0.4) is 0 Å². The summed E-state index contributed by atoms with van der Waals surface area (Å²) in [5.41, 5.74) is 8.15. The molecular formula is C17H16BrClN2O3. The maximum Gasteiger partial charge on any atom is 0.372 e. The van der Waals surface area contributed by atoms with E-state index in [2.05, 4.69) is 21.1 Å². The Hall–Kier alpha value is -2.05. The Labute approximate surface area is 153 Å². The van der Waals surface area contributed by atoms with Gasteiger partial charge in [0.05, 0.1) is 0 Å². The van der Waals surface area contributed by atoms with E-state index < -0.39 is 5.97 Å². The molecule has 0 saturated carbocycles. The number of ether oxygens (including phenoxy) is 1. The highest BCUT2D eigenvalue weighted by Gasteiger charge is 2.08. The van der Waals surface area contributed by atoms with E-state index in [9.17, 15) is 4.79 Å². The van der Waals surface area contributed by atoms with Gasteiger partial charge in [-0.15, -0.1) is 0 Å². The number of nitrogens with zero attached hydrogens (tertiary/aromatic N) is 1. The second-order valence-electron chi connectivity index (χ2n) is 5.11. The van der Waals surface area contributed by atoms with E-state index in [-0.39, 0.29) is 12.4 Å². The van der Waals surface area contributed by atoms with Gasteiger partial charge < -0.3 is 15.3 Å². The van der Waals surface area contributed by atoms with Gasteiger partial charge in [0.15, 0.2) is 12.4 Å². The molecule has 7 heteroatoms. The van der Waals surface area contributed by atoms with Gasteiger partial charge in [-0.25, -0.2) is 4.79 Å². The van der Waals surface area contributed by atoms with Gasteiger partial charge in [-0.05, 0) is 49.2 Å². The van der Waals surface area contributed by atoms with Crippen LogP contribution in [0.4, 0.5) is 0 Å². The largest absolute Gasteiger partial charge is 0.482 e. The van der Waals surface area contributed by atoms with Gasteiger partial charge in [0.25, 0.3) is 0 Å². The van der Waals surface area contributed by atoms with E-state index in [1.54, 1.807) is 24.3 Å². The quantitative estimate of drug-likeness (QED) is 0.350. The molecule has 0 atom stereocenters. The van der Waals surface area contributed by atoms with E-state index in [4.69, 9.17) is 26.9 Å². The van der Waals surface area contributed by atoms with Gasteiger partial charge in [0.1, 0.15) is 5.75 Å². The smallest absolute Gasteiger partial charge is 0.372 e. The molecule has 0 saturated heterocycles. The topological polar surface area (TPSA) is 73.9 Å². The minimum atomic E-state index is -0.652. The average Bonchev–Trinajstić information content (AvgIpc) is 2.56. The summed E-state index contributed by atoms with van der Waals surface area (Å²) in [5.74, 6) is -0.00874. The highest BCUT2D eigenvalue weighted by atomic mass is 79.9. The first-order chi connectivity index (χ1) is 11.4. The van der Waals surface area contributed by atoms with Crippen LogP contribution >= 0.6 is 27.5 Å². The van der Waals surface area contributed by atoms with Crippen LogP contribution in [0.2, 0.25) is 5.02 Å². The first-order valence-electron chi connectivity index (χ1n) is 7.05. The van der Waals surface area contributed by atoms with Gasteiger partial charge in [-0.1, -0.05) is 44.8 Å². The van der Waals surface area contributed by atoms with Crippen LogP contribution in [-0.4, -0.2) is 18.4 Å². The van der Waals surface area contributed by atoms with E-state index >= 15 is 0 Å². The maximum atomic E-state index is 11.7. The number of oxime groups is 1. The number of rotatable bonds is 5. The van der Waals surface area contributed by atoms with E-state index in [1.807, 2.05) is 26.0 Å². The van der Waals surface area contributed by atoms with Gasteiger partial charge in [-0.3, -0.25) is 0 Å². The third kappa shape index (κ3) is 4.97. The van der Waals surface area contributed by atoms with Crippen molar-refractivity contribution < 1.29 is 14.4 Å². The second kappa shape index (κ2) is 8.17. The molecule has 0 fully saturated rings. The van der Waals surface area contributed by atoms with Crippen molar-refractivity contribution in [2.45, 2.75) is 13.8 Å². The Balaban J connectivity index is 1.91.